The van der Waals surface area contributed by atoms with E-state index in [0.29, 0.717) is 21.6 Å². The fraction of sp³-hybridized carbons (Fsp3) is 0.0833. The van der Waals surface area contributed by atoms with Crippen LogP contribution in [0.1, 0.15) is 22.8 Å². The number of hydrogen-bond donors (Lipinski definition) is 0. The highest BCUT2D eigenvalue weighted by Crippen LogP contribution is 2.32. The predicted octanol–water partition coefficient (Wildman–Crippen LogP) is 6.55. The fourth-order valence-electron chi connectivity index (χ4n) is 3.12. The summed E-state index contributed by atoms with van der Waals surface area (Å²) < 4.78 is 11.6. The number of aryl methyl sites for hydroxylation is 1. The molecule has 4 rings (SSSR count). The molecule has 4 aromatic rings. The Hall–Kier alpha value is -3.08. The van der Waals surface area contributed by atoms with Crippen LogP contribution in [0.3, 0.4) is 0 Å². The van der Waals surface area contributed by atoms with E-state index in [1.165, 1.54) is 18.2 Å². The van der Waals surface area contributed by atoms with Crippen LogP contribution in [-0.4, -0.2) is 5.97 Å². The highest BCUT2D eigenvalue weighted by Gasteiger charge is 2.22. The topological polar surface area (TPSA) is 56.5 Å². The molecule has 0 spiro atoms. The zero-order chi connectivity index (χ0) is 21.3. The molecule has 0 N–H and O–H groups in total. The number of hydrogen-bond acceptors (Lipinski definition) is 4. The Morgan fingerprint density at radius 2 is 1.77 bits per heavy atom. The van der Waals surface area contributed by atoms with Gasteiger partial charge in [0.15, 0.2) is 5.76 Å². The molecule has 0 aliphatic carbocycles. The van der Waals surface area contributed by atoms with Gasteiger partial charge in [-0.1, -0.05) is 66.5 Å². The second-order valence-electron chi connectivity index (χ2n) is 6.65. The molecule has 0 bridgehead atoms. The van der Waals surface area contributed by atoms with Crippen LogP contribution >= 0.6 is 23.2 Å². The summed E-state index contributed by atoms with van der Waals surface area (Å²) in [6.07, 6.45) is 0.755. The van der Waals surface area contributed by atoms with Crippen molar-refractivity contribution in [1.29, 1.82) is 0 Å². The molecule has 3 aromatic carbocycles. The summed E-state index contributed by atoms with van der Waals surface area (Å²) in [5.74, 6) is -0.777. The summed E-state index contributed by atoms with van der Waals surface area (Å²) in [4.78, 5) is 26.1. The fourth-order valence-corrected chi connectivity index (χ4v) is 3.61. The molecule has 150 valence electrons. The average molecular weight is 439 g/mol. The van der Waals surface area contributed by atoms with Gasteiger partial charge in [-0.15, -0.1) is 0 Å². The van der Waals surface area contributed by atoms with Crippen LogP contribution in [0.25, 0.3) is 22.3 Å². The van der Waals surface area contributed by atoms with Gasteiger partial charge in [0.25, 0.3) is 0 Å². The summed E-state index contributed by atoms with van der Waals surface area (Å²) in [5, 5.41) is 0.866. The summed E-state index contributed by atoms with van der Waals surface area (Å²) in [6, 6.07) is 18.8. The van der Waals surface area contributed by atoms with E-state index in [9.17, 15) is 9.59 Å². The first kappa shape index (κ1) is 20.2. The van der Waals surface area contributed by atoms with Gasteiger partial charge < -0.3 is 9.15 Å². The highest BCUT2D eigenvalue weighted by molar-refractivity contribution is 6.36. The predicted molar refractivity (Wildman–Crippen MR) is 119 cm³/mol. The molecule has 0 saturated carbocycles. The van der Waals surface area contributed by atoms with Crippen LogP contribution in [0.15, 0.2) is 75.9 Å². The number of ether oxygens (including phenoxy) is 1. The van der Waals surface area contributed by atoms with Crippen LogP contribution in [0.2, 0.25) is 10.0 Å². The molecule has 0 fully saturated rings. The molecular formula is C24H16Cl2O4. The molecule has 0 saturated heterocycles. The minimum Gasteiger partial charge on any atom is -0.452 e. The molecular weight excluding hydrogens is 423 g/mol. The number of rotatable bonds is 4. The summed E-state index contributed by atoms with van der Waals surface area (Å²) in [5.41, 5.74) is 1.67. The zero-order valence-corrected chi connectivity index (χ0v) is 17.5. The Balaban J connectivity index is 1.90. The third-order valence-electron chi connectivity index (χ3n) is 4.70. The maximum Gasteiger partial charge on any atom is 0.345 e. The van der Waals surface area contributed by atoms with E-state index >= 15 is 0 Å². The van der Waals surface area contributed by atoms with E-state index in [-0.39, 0.29) is 22.1 Å². The lowest BCUT2D eigenvalue weighted by Crippen LogP contribution is -2.16. The van der Waals surface area contributed by atoms with Gasteiger partial charge >= 0.3 is 5.97 Å². The minimum absolute atomic E-state index is 0.0990. The van der Waals surface area contributed by atoms with Crippen molar-refractivity contribution in [3.8, 4) is 17.1 Å². The lowest BCUT2D eigenvalue weighted by Gasteiger charge is -2.12. The molecule has 0 atom stereocenters. The molecule has 0 unspecified atom stereocenters. The maximum absolute atomic E-state index is 13.3. The van der Waals surface area contributed by atoms with Crippen LogP contribution in [0, 0.1) is 0 Å². The molecule has 0 radical (unpaired) electrons. The summed E-state index contributed by atoms with van der Waals surface area (Å²) in [7, 11) is 0. The minimum atomic E-state index is -0.771. The second-order valence-corrected chi connectivity index (χ2v) is 7.50. The normalized spacial score (nSPS) is 10.9. The van der Waals surface area contributed by atoms with Crippen molar-refractivity contribution >= 4 is 40.1 Å². The van der Waals surface area contributed by atoms with E-state index in [2.05, 4.69) is 0 Å². The Labute approximate surface area is 182 Å². The van der Waals surface area contributed by atoms with Crippen molar-refractivity contribution in [1.82, 2.24) is 0 Å². The molecule has 0 amide bonds. The lowest BCUT2D eigenvalue weighted by atomic mass is 10.1. The third kappa shape index (κ3) is 3.84. The molecule has 4 nitrogen and oxygen atoms in total. The van der Waals surface area contributed by atoms with E-state index in [1.54, 1.807) is 36.4 Å². The first-order valence-electron chi connectivity index (χ1n) is 9.30. The summed E-state index contributed by atoms with van der Waals surface area (Å²) in [6.45, 7) is 1.99. The van der Waals surface area contributed by atoms with Gasteiger partial charge in [0, 0.05) is 10.6 Å². The van der Waals surface area contributed by atoms with E-state index < -0.39 is 11.4 Å². The smallest absolute Gasteiger partial charge is 0.345 e. The van der Waals surface area contributed by atoms with Gasteiger partial charge in [0.1, 0.15) is 5.58 Å². The summed E-state index contributed by atoms with van der Waals surface area (Å²) >= 11 is 12.0. The highest BCUT2D eigenvalue weighted by atomic mass is 35.5. The Morgan fingerprint density at radius 3 is 2.47 bits per heavy atom. The van der Waals surface area contributed by atoms with Crippen molar-refractivity contribution < 1.29 is 13.9 Å². The number of halogens is 2. The number of carbonyl (C=O) groups excluding carboxylic acids is 1. The number of fused-ring (bicyclic) bond motifs is 1. The van der Waals surface area contributed by atoms with Crippen LogP contribution < -0.4 is 10.2 Å². The van der Waals surface area contributed by atoms with Crippen molar-refractivity contribution in [2.45, 2.75) is 13.3 Å². The van der Waals surface area contributed by atoms with E-state index in [1.807, 2.05) is 19.1 Å². The van der Waals surface area contributed by atoms with Crippen LogP contribution in [0.5, 0.6) is 5.75 Å². The quantitative estimate of drug-likeness (QED) is 0.339. The van der Waals surface area contributed by atoms with Crippen molar-refractivity contribution in [3.63, 3.8) is 0 Å². The maximum atomic E-state index is 13.3. The third-order valence-corrected chi connectivity index (χ3v) is 5.25. The van der Waals surface area contributed by atoms with Gasteiger partial charge in [0.05, 0.1) is 16.0 Å². The Morgan fingerprint density at radius 1 is 1.00 bits per heavy atom. The lowest BCUT2D eigenvalue weighted by molar-refractivity contribution is 0.0731. The molecule has 0 aliphatic heterocycles. The van der Waals surface area contributed by atoms with Crippen molar-refractivity contribution in [2.75, 3.05) is 0 Å². The van der Waals surface area contributed by atoms with Gasteiger partial charge in [-0.25, -0.2) is 4.79 Å². The first-order chi connectivity index (χ1) is 14.5. The van der Waals surface area contributed by atoms with Gasteiger partial charge in [-0.2, -0.15) is 0 Å². The average Bonchev–Trinajstić information content (AvgIpc) is 2.75. The largest absolute Gasteiger partial charge is 0.452 e. The van der Waals surface area contributed by atoms with E-state index in [0.717, 1.165) is 12.0 Å². The number of carbonyl (C=O) groups is 1. The van der Waals surface area contributed by atoms with Crippen molar-refractivity contribution in [3.05, 3.63) is 98.1 Å². The first-order valence-corrected chi connectivity index (χ1v) is 10.1. The molecule has 6 heteroatoms. The molecule has 0 aliphatic rings. The van der Waals surface area contributed by atoms with Gasteiger partial charge in [0.2, 0.25) is 11.2 Å². The van der Waals surface area contributed by atoms with Gasteiger partial charge in [-0.3, -0.25) is 4.79 Å². The standard InChI is InChI=1S/C24H16Cl2O4/c1-2-14-8-11-20-18(12-14)21(27)23(22(29-20)15-6-4-3-5-7-15)30-24(28)17-10-9-16(25)13-19(17)26/h3-13H,2H2,1H3. The van der Waals surface area contributed by atoms with Crippen molar-refractivity contribution in [2.24, 2.45) is 0 Å². The molecule has 1 aromatic heterocycles. The molecule has 30 heavy (non-hydrogen) atoms. The van der Waals surface area contributed by atoms with E-state index in [4.69, 9.17) is 32.4 Å². The second kappa shape index (κ2) is 8.34. The Bertz CT molecular complexity index is 1310. The SMILES string of the molecule is CCc1ccc2oc(-c3ccccc3)c(OC(=O)c3ccc(Cl)cc3Cl)c(=O)c2c1. The van der Waals surface area contributed by atoms with Crippen LogP contribution in [0.4, 0.5) is 0 Å². The molecule has 1 heterocycles. The zero-order valence-electron chi connectivity index (χ0n) is 15.9. The number of benzene rings is 3. The van der Waals surface area contributed by atoms with Gasteiger partial charge in [-0.05, 0) is 42.3 Å². The van der Waals surface area contributed by atoms with Crippen LogP contribution in [-0.2, 0) is 6.42 Å². The Kier molecular flexibility index (Phi) is 5.62. The number of esters is 1. The monoisotopic (exact) mass is 438 g/mol.